The second-order valence-corrected chi connectivity index (χ2v) is 10.1. The monoisotopic (exact) mass is 521 g/mol. The largest absolute Gasteiger partial charge is 0.397 e. The van der Waals surface area contributed by atoms with E-state index in [9.17, 15) is 15.2 Å². The molecule has 7 N–H and O–H groups in total. The molecule has 194 valence electrons. The highest BCUT2D eigenvalue weighted by Crippen LogP contribution is 2.26. The van der Waals surface area contributed by atoms with Gasteiger partial charge in [0, 0.05) is 43.4 Å². The molecule has 37 heavy (non-hydrogen) atoms. The minimum atomic E-state index is -0.808. The summed E-state index contributed by atoms with van der Waals surface area (Å²) >= 11 is 1.67. The van der Waals surface area contributed by atoms with Crippen molar-refractivity contribution in [2.45, 2.75) is 25.5 Å². The van der Waals surface area contributed by atoms with E-state index in [0.717, 1.165) is 43.2 Å². The minimum Gasteiger partial charge on any atom is -0.397 e. The fraction of sp³-hybridized carbons (Fsp3) is 0.400. The van der Waals surface area contributed by atoms with E-state index in [0.29, 0.717) is 12.5 Å². The Balaban J connectivity index is 1.26. The van der Waals surface area contributed by atoms with Crippen molar-refractivity contribution < 1.29 is 9.90 Å². The number of aromatic nitrogens is 3. The number of anilines is 2. The molecular weight excluding hydrogens is 490 g/mol. The number of nitrogen functional groups attached to an aromatic ring is 1. The van der Waals surface area contributed by atoms with Gasteiger partial charge in [-0.1, -0.05) is 6.07 Å². The number of nitrogens with zero attached hydrogens (tertiary/aromatic N) is 5. The molecule has 0 bridgehead atoms. The average molecular weight is 522 g/mol. The Morgan fingerprint density at radius 2 is 2.14 bits per heavy atom. The molecule has 0 aliphatic carbocycles. The second kappa shape index (κ2) is 12.6. The Kier molecular flexibility index (Phi) is 8.97. The van der Waals surface area contributed by atoms with E-state index in [1.54, 1.807) is 17.5 Å². The number of nitrogens with one attached hydrogen (secondary N) is 2. The Morgan fingerprint density at radius 1 is 1.32 bits per heavy atom. The number of carbonyl (C=O) groups is 1. The lowest BCUT2D eigenvalue weighted by Gasteiger charge is -2.31. The van der Waals surface area contributed by atoms with Crippen LogP contribution < -0.4 is 22.1 Å². The van der Waals surface area contributed by atoms with E-state index < -0.39 is 6.10 Å². The minimum absolute atomic E-state index is 0.0553. The summed E-state index contributed by atoms with van der Waals surface area (Å²) in [6.45, 7) is 3.42. The van der Waals surface area contributed by atoms with Gasteiger partial charge < -0.3 is 27.2 Å². The van der Waals surface area contributed by atoms with Crippen LogP contribution in [0.25, 0.3) is 10.7 Å². The van der Waals surface area contributed by atoms with Crippen LogP contribution in [0, 0.1) is 17.2 Å². The molecule has 3 aromatic heterocycles. The van der Waals surface area contributed by atoms with E-state index in [1.807, 2.05) is 30.5 Å². The van der Waals surface area contributed by atoms with Crippen LogP contribution >= 0.6 is 11.3 Å². The van der Waals surface area contributed by atoms with Crippen molar-refractivity contribution in [3.63, 3.8) is 0 Å². The first-order valence-corrected chi connectivity index (χ1v) is 13.0. The van der Waals surface area contributed by atoms with Crippen LogP contribution in [0.4, 0.5) is 11.5 Å². The maximum Gasteiger partial charge on any atom is 0.270 e. The van der Waals surface area contributed by atoms with Gasteiger partial charge in [0.1, 0.15) is 28.2 Å². The molecule has 1 saturated heterocycles. The van der Waals surface area contributed by atoms with Gasteiger partial charge in [0.15, 0.2) is 0 Å². The number of thiazole rings is 1. The Labute approximate surface area is 219 Å². The standard InChI is InChI=1S/C25H31N9O2S/c26-10-17(35)13-30-23-19(11-27)20(28)9-22(33-23)24(36)31-12-16-4-7-34(8-5-16)15-18-14-32-25(37-18)21-3-1-2-6-29-21/h1-3,6,9,14,16-17,35H,4-5,7-8,10,12-13,15,26H2,(H,31,36)(H3,28,30,33). The molecule has 0 saturated carbocycles. The number of amides is 1. The number of aliphatic hydroxyl groups excluding tert-OH is 1. The van der Waals surface area contributed by atoms with Gasteiger partial charge in [-0.05, 0) is 50.0 Å². The summed E-state index contributed by atoms with van der Waals surface area (Å²) in [6.07, 6.45) is 4.84. The van der Waals surface area contributed by atoms with Crippen molar-refractivity contribution >= 4 is 28.7 Å². The van der Waals surface area contributed by atoms with Crippen molar-refractivity contribution in [3.8, 4) is 16.8 Å². The van der Waals surface area contributed by atoms with Crippen LogP contribution in [-0.2, 0) is 6.54 Å². The number of hydrogen-bond acceptors (Lipinski definition) is 11. The van der Waals surface area contributed by atoms with Gasteiger partial charge >= 0.3 is 0 Å². The molecule has 4 rings (SSSR count). The number of nitriles is 1. The van der Waals surface area contributed by atoms with Gasteiger partial charge in [0.05, 0.1) is 17.5 Å². The maximum absolute atomic E-state index is 12.8. The lowest BCUT2D eigenvalue weighted by Crippen LogP contribution is -2.38. The molecule has 0 radical (unpaired) electrons. The maximum atomic E-state index is 12.8. The molecule has 1 aliphatic rings. The molecule has 0 aromatic carbocycles. The highest BCUT2D eigenvalue weighted by Gasteiger charge is 2.22. The molecular formula is C25H31N9O2S. The summed E-state index contributed by atoms with van der Waals surface area (Å²) in [5, 5.41) is 25.8. The predicted octanol–water partition coefficient (Wildman–Crippen LogP) is 1.43. The summed E-state index contributed by atoms with van der Waals surface area (Å²) in [7, 11) is 0. The lowest BCUT2D eigenvalue weighted by atomic mass is 9.96. The topological polar surface area (TPSA) is 179 Å². The number of pyridine rings is 2. The van der Waals surface area contributed by atoms with E-state index in [4.69, 9.17) is 11.5 Å². The Hall–Kier alpha value is -3.63. The predicted molar refractivity (Wildman–Crippen MR) is 143 cm³/mol. The molecule has 1 atom stereocenters. The number of likely N-dealkylation sites (tertiary alicyclic amines) is 1. The van der Waals surface area contributed by atoms with Gasteiger partial charge in [-0.25, -0.2) is 9.97 Å². The van der Waals surface area contributed by atoms with Crippen molar-refractivity contribution in [1.29, 1.82) is 5.26 Å². The fourth-order valence-electron chi connectivity index (χ4n) is 4.11. The Morgan fingerprint density at radius 3 is 2.84 bits per heavy atom. The summed E-state index contributed by atoms with van der Waals surface area (Å²) in [4.78, 5) is 29.5. The average Bonchev–Trinajstić information content (AvgIpc) is 3.39. The van der Waals surface area contributed by atoms with E-state index in [1.165, 1.54) is 10.9 Å². The molecule has 11 nitrogen and oxygen atoms in total. The van der Waals surface area contributed by atoms with E-state index in [-0.39, 0.29) is 41.8 Å². The van der Waals surface area contributed by atoms with Crippen LogP contribution in [0.1, 0.15) is 33.8 Å². The number of piperidine rings is 1. The third-order valence-electron chi connectivity index (χ3n) is 6.25. The van der Waals surface area contributed by atoms with Gasteiger partial charge in [0.2, 0.25) is 0 Å². The zero-order chi connectivity index (χ0) is 26.2. The molecule has 3 aromatic rings. The van der Waals surface area contributed by atoms with Crippen LogP contribution in [0.5, 0.6) is 0 Å². The van der Waals surface area contributed by atoms with Crippen LogP contribution in [0.3, 0.4) is 0 Å². The zero-order valence-corrected chi connectivity index (χ0v) is 21.2. The highest BCUT2D eigenvalue weighted by atomic mass is 32.1. The van der Waals surface area contributed by atoms with Gasteiger partial charge in [-0.3, -0.25) is 14.7 Å². The summed E-state index contributed by atoms with van der Waals surface area (Å²) in [5.41, 5.74) is 12.7. The summed E-state index contributed by atoms with van der Waals surface area (Å²) in [5.74, 6) is 0.161. The van der Waals surface area contributed by atoms with Crippen LogP contribution in [-0.4, -0.2) is 69.7 Å². The molecule has 1 aliphatic heterocycles. The molecule has 4 heterocycles. The SMILES string of the molecule is N#Cc1c(N)cc(C(=O)NCC2CCN(Cc3cnc(-c4ccccn4)s3)CC2)nc1NCC(O)CN. The van der Waals surface area contributed by atoms with E-state index >= 15 is 0 Å². The second-order valence-electron chi connectivity index (χ2n) is 8.98. The first kappa shape index (κ1) is 26.4. The molecule has 1 fully saturated rings. The number of rotatable bonds is 10. The third kappa shape index (κ3) is 6.99. The third-order valence-corrected chi connectivity index (χ3v) is 7.25. The first-order valence-electron chi connectivity index (χ1n) is 12.2. The normalized spacial score (nSPS) is 15.2. The molecule has 1 amide bonds. The Bertz CT molecular complexity index is 1240. The van der Waals surface area contributed by atoms with Crippen molar-refractivity contribution in [1.82, 2.24) is 25.2 Å². The summed E-state index contributed by atoms with van der Waals surface area (Å²) < 4.78 is 0. The van der Waals surface area contributed by atoms with Gasteiger partial charge in [0.25, 0.3) is 5.91 Å². The zero-order valence-electron chi connectivity index (χ0n) is 20.4. The van der Waals surface area contributed by atoms with Crippen molar-refractivity contribution in [2.24, 2.45) is 11.7 Å². The van der Waals surface area contributed by atoms with Crippen LogP contribution in [0.2, 0.25) is 0 Å². The molecule has 0 spiro atoms. The lowest BCUT2D eigenvalue weighted by molar-refractivity contribution is 0.0930. The number of aliphatic hydroxyl groups is 1. The molecule has 12 heteroatoms. The molecule has 1 unspecified atom stereocenters. The smallest absolute Gasteiger partial charge is 0.270 e. The van der Waals surface area contributed by atoms with Gasteiger partial charge in [-0.2, -0.15) is 5.26 Å². The number of carbonyl (C=O) groups excluding carboxylic acids is 1. The fourth-order valence-corrected chi connectivity index (χ4v) is 5.04. The van der Waals surface area contributed by atoms with Crippen molar-refractivity contribution in [2.75, 3.05) is 43.8 Å². The number of nitrogens with two attached hydrogens (primary N) is 2. The number of hydrogen-bond donors (Lipinski definition) is 5. The highest BCUT2D eigenvalue weighted by molar-refractivity contribution is 7.14. The van der Waals surface area contributed by atoms with E-state index in [2.05, 4.69) is 30.5 Å². The summed E-state index contributed by atoms with van der Waals surface area (Å²) in [6, 6.07) is 9.20. The first-order chi connectivity index (χ1) is 18.0. The van der Waals surface area contributed by atoms with Gasteiger partial charge in [-0.15, -0.1) is 11.3 Å². The van der Waals surface area contributed by atoms with Crippen LogP contribution in [0.15, 0.2) is 36.7 Å². The van der Waals surface area contributed by atoms with Crippen molar-refractivity contribution in [3.05, 3.63) is 52.8 Å². The quantitative estimate of drug-likeness (QED) is 0.262.